The van der Waals surface area contributed by atoms with Crippen molar-refractivity contribution in [3.63, 3.8) is 0 Å². The molecule has 0 saturated carbocycles. The van der Waals surface area contributed by atoms with E-state index in [9.17, 15) is 4.79 Å². The van der Waals surface area contributed by atoms with Crippen LogP contribution in [0.15, 0.2) is 49.6 Å². The van der Waals surface area contributed by atoms with Gasteiger partial charge in [0.15, 0.2) is 0 Å². The van der Waals surface area contributed by atoms with Gasteiger partial charge in [0.05, 0.1) is 0 Å². The van der Waals surface area contributed by atoms with Crippen molar-refractivity contribution < 1.29 is 14.3 Å². The molecule has 3 heteroatoms. The van der Waals surface area contributed by atoms with Crippen LogP contribution in [-0.2, 0) is 9.47 Å². The molecule has 0 amide bonds. The van der Waals surface area contributed by atoms with Gasteiger partial charge < -0.3 is 9.47 Å². The molecule has 0 aromatic rings. The van der Waals surface area contributed by atoms with Crippen molar-refractivity contribution in [2.24, 2.45) is 0 Å². The van der Waals surface area contributed by atoms with Crippen LogP contribution < -0.4 is 0 Å². The molecular weight excluding hydrogens is 324 g/mol. The summed E-state index contributed by atoms with van der Waals surface area (Å²) in [5.41, 5.74) is -0.971. The molecule has 0 bridgehead atoms. The molecule has 0 radical (unpaired) electrons. The summed E-state index contributed by atoms with van der Waals surface area (Å²) in [7, 11) is 0. The van der Waals surface area contributed by atoms with Crippen molar-refractivity contribution in [3.8, 4) is 0 Å². The molecule has 2 atom stereocenters. The standard InChI is InChI=1S/C23H34O3/c1-3-15-22(17-11-7-5-8-12-18-22)25-21(24)26-23(16-4-2)19-13-9-6-10-14-20-23/h3-7,9H,1-2,8,10-20H2/b7-5-,9-6-. The van der Waals surface area contributed by atoms with Gasteiger partial charge in [0.2, 0.25) is 0 Å². The van der Waals surface area contributed by atoms with Crippen molar-refractivity contribution in [1.82, 2.24) is 0 Å². The molecule has 26 heavy (non-hydrogen) atoms. The topological polar surface area (TPSA) is 35.5 Å². The third-order valence-corrected chi connectivity index (χ3v) is 5.51. The van der Waals surface area contributed by atoms with Gasteiger partial charge in [-0.3, -0.25) is 0 Å². The van der Waals surface area contributed by atoms with Gasteiger partial charge in [-0.1, -0.05) is 36.5 Å². The normalized spacial score (nSPS) is 32.0. The fraction of sp³-hybridized carbons (Fsp3) is 0.609. The number of carbonyl (C=O) groups is 1. The van der Waals surface area contributed by atoms with E-state index >= 15 is 0 Å². The predicted molar refractivity (Wildman–Crippen MR) is 107 cm³/mol. The van der Waals surface area contributed by atoms with Gasteiger partial charge in [-0.15, -0.1) is 13.2 Å². The molecule has 2 rings (SSSR count). The number of hydrogen-bond donors (Lipinski definition) is 0. The Morgan fingerprint density at radius 1 is 0.769 bits per heavy atom. The maximum atomic E-state index is 12.8. The Hall–Kier alpha value is -1.77. The Morgan fingerprint density at radius 3 is 1.62 bits per heavy atom. The van der Waals surface area contributed by atoms with Crippen molar-refractivity contribution >= 4 is 6.16 Å². The monoisotopic (exact) mass is 358 g/mol. The number of allylic oxidation sites excluding steroid dienone is 4. The minimum atomic E-state index is -0.525. The summed E-state index contributed by atoms with van der Waals surface area (Å²) >= 11 is 0. The molecule has 2 aliphatic rings. The Balaban J connectivity index is 2.08. The van der Waals surface area contributed by atoms with Gasteiger partial charge in [-0.25, -0.2) is 4.79 Å². The van der Waals surface area contributed by atoms with E-state index in [2.05, 4.69) is 37.5 Å². The number of hydrogen-bond acceptors (Lipinski definition) is 3. The Kier molecular flexibility index (Phi) is 8.21. The van der Waals surface area contributed by atoms with Crippen molar-refractivity contribution in [1.29, 1.82) is 0 Å². The van der Waals surface area contributed by atoms with Crippen LogP contribution in [0.3, 0.4) is 0 Å². The van der Waals surface area contributed by atoms with Gasteiger partial charge in [0.1, 0.15) is 11.2 Å². The Bertz CT molecular complexity index is 488. The van der Waals surface area contributed by atoms with E-state index < -0.39 is 17.4 Å². The van der Waals surface area contributed by atoms with Crippen LogP contribution in [0.25, 0.3) is 0 Å². The second kappa shape index (κ2) is 10.4. The number of ether oxygens (including phenoxy) is 2. The van der Waals surface area contributed by atoms with Crippen LogP contribution in [0.5, 0.6) is 0 Å². The van der Waals surface area contributed by atoms with E-state index in [1.165, 1.54) is 0 Å². The van der Waals surface area contributed by atoms with E-state index in [4.69, 9.17) is 9.47 Å². The van der Waals surface area contributed by atoms with E-state index in [1.54, 1.807) is 0 Å². The van der Waals surface area contributed by atoms with Crippen LogP contribution in [0.2, 0.25) is 0 Å². The van der Waals surface area contributed by atoms with Crippen molar-refractivity contribution in [3.05, 3.63) is 49.6 Å². The summed E-state index contributed by atoms with van der Waals surface area (Å²) in [6.45, 7) is 7.74. The molecule has 0 aliphatic heterocycles. The molecule has 3 nitrogen and oxygen atoms in total. The summed E-state index contributed by atoms with van der Waals surface area (Å²) in [5.74, 6) is 0. The number of carbonyl (C=O) groups excluding carboxylic acids is 1. The van der Waals surface area contributed by atoms with E-state index in [1.807, 2.05) is 12.2 Å². The largest absolute Gasteiger partial charge is 0.509 e. The maximum absolute atomic E-state index is 12.8. The molecule has 0 fully saturated rings. The second-order valence-electron chi connectivity index (χ2n) is 7.61. The quantitative estimate of drug-likeness (QED) is 0.386. The van der Waals surface area contributed by atoms with Gasteiger partial charge in [-0.05, 0) is 64.2 Å². The summed E-state index contributed by atoms with van der Waals surface area (Å²) in [6.07, 6.45) is 22.6. The van der Waals surface area contributed by atoms with Crippen LogP contribution in [-0.4, -0.2) is 17.4 Å². The predicted octanol–water partition coefficient (Wildman–Crippen LogP) is 6.81. The minimum absolute atomic E-state index is 0.486. The highest BCUT2D eigenvalue weighted by atomic mass is 16.7. The first-order chi connectivity index (χ1) is 12.6. The van der Waals surface area contributed by atoms with Gasteiger partial charge in [0, 0.05) is 12.8 Å². The number of rotatable bonds is 6. The van der Waals surface area contributed by atoms with Crippen LogP contribution in [0, 0.1) is 0 Å². The lowest BCUT2D eigenvalue weighted by Gasteiger charge is -2.37. The zero-order valence-electron chi connectivity index (χ0n) is 16.1. The molecule has 2 unspecified atom stereocenters. The first-order valence-corrected chi connectivity index (χ1v) is 10.1. The highest BCUT2D eigenvalue weighted by molar-refractivity contribution is 5.61. The van der Waals surface area contributed by atoms with Gasteiger partial charge in [0.25, 0.3) is 0 Å². The fourth-order valence-electron chi connectivity index (χ4n) is 4.09. The maximum Gasteiger partial charge on any atom is 0.509 e. The average Bonchev–Trinajstić information content (AvgIpc) is 2.55. The molecule has 0 aromatic heterocycles. The highest BCUT2D eigenvalue weighted by Crippen LogP contribution is 2.35. The highest BCUT2D eigenvalue weighted by Gasteiger charge is 2.38. The molecule has 0 heterocycles. The van der Waals surface area contributed by atoms with E-state index in [0.717, 1.165) is 64.2 Å². The molecule has 0 spiro atoms. The molecular formula is C23H34O3. The zero-order valence-corrected chi connectivity index (χ0v) is 16.1. The molecule has 2 aliphatic carbocycles. The lowest BCUT2D eigenvalue weighted by Crippen LogP contribution is -2.40. The summed E-state index contributed by atoms with van der Waals surface area (Å²) < 4.78 is 12.0. The van der Waals surface area contributed by atoms with Crippen molar-refractivity contribution in [2.45, 2.75) is 88.3 Å². The smallest absolute Gasteiger partial charge is 0.427 e. The van der Waals surface area contributed by atoms with Gasteiger partial charge in [-0.2, -0.15) is 0 Å². The minimum Gasteiger partial charge on any atom is -0.427 e. The third kappa shape index (κ3) is 6.19. The van der Waals surface area contributed by atoms with Crippen LogP contribution in [0.1, 0.15) is 77.0 Å². The molecule has 144 valence electrons. The van der Waals surface area contributed by atoms with Gasteiger partial charge >= 0.3 is 6.16 Å². The van der Waals surface area contributed by atoms with Crippen LogP contribution >= 0.6 is 0 Å². The Morgan fingerprint density at radius 2 is 1.19 bits per heavy atom. The SMILES string of the molecule is C=CCC1(OC(=O)OC2(CC=C)CC/C=C\CCC2)CC/C=C\CCC1. The second-order valence-corrected chi connectivity index (χ2v) is 7.61. The summed E-state index contributed by atoms with van der Waals surface area (Å²) in [6, 6.07) is 0. The van der Waals surface area contributed by atoms with E-state index in [0.29, 0.717) is 12.8 Å². The third-order valence-electron chi connectivity index (χ3n) is 5.51. The average molecular weight is 359 g/mol. The van der Waals surface area contributed by atoms with E-state index in [-0.39, 0.29) is 0 Å². The first kappa shape index (κ1) is 20.5. The van der Waals surface area contributed by atoms with Crippen molar-refractivity contribution in [2.75, 3.05) is 0 Å². The van der Waals surface area contributed by atoms with Crippen LogP contribution in [0.4, 0.5) is 4.79 Å². The lowest BCUT2D eigenvalue weighted by atomic mass is 9.86. The zero-order chi connectivity index (χ0) is 18.7. The Labute approximate surface area is 158 Å². The lowest BCUT2D eigenvalue weighted by molar-refractivity contribution is -0.0912. The molecule has 0 aromatic carbocycles. The summed E-state index contributed by atoms with van der Waals surface area (Å²) in [5, 5.41) is 0. The first-order valence-electron chi connectivity index (χ1n) is 10.1. The molecule has 0 saturated heterocycles. The summed E-state index contributed by atoms with van der Waals surface area (Å²) in [4.78, 5) is 12.8. The fourth-order valence-corrected chi connectivity index (χ4v) is 4.09. The molecule has 0 N–H and O–H groups in total.